The van der Waals surface area contributed by atoms with Gasteiger partial charge < -0.3 is 5.32 Å². The molecule has 2 nitrogen and oxygen atoms in total. The lowest BCUT2D eigenvalue weighted by Gasteiger charge is -2.25. The predicted octanol–water partition coefficient (Wildman–Crippen LogP) is 3.37. The Morgan fingerprint density at radius 2 is 2.13 bits per heavy atom. The largest absolute Gasteiger partial charge is 0.373 e. The van der Waals surface area contributed by atoms with E-state index in [4.69, 9.17) is 0 Å². The van der Waals surface area contributed by atoms with Crippen molar-refractivity contribution in [3.63, 3.8) is 0 Å². The number of hydrogen-bond donors (Lipinski definition) is 1. The summed E-state index contributed by atoms with van der Waals surface area (Å²) >= 11 is 0. The molecular formula is C13H26N2. The van der Waals surface area contributed by atoms with Crippen molar-refractivity contribution in [3.8, 4) is 0 Å². The van der Waals surface area contributed by atoms with E-state index in [1.165, 1.54) is 37.9 Å². The monoisotopic (exact) mass is 210 g/mol. The molecule has 0 aromatic heterocycles. The van der Waals surface area contributed by atoms with E-state index in [1.807, 2.05) is 0 Å². The zero-order valence-electron chi connectivity index (χ0n) is 10.6. The number of rotatable bonds is 6. The number of nitrogens with one attached hydrogen (secondary N) is 1. The fourth-order valence-electron chi connectivity index (χ4n) is 1.97. The third-order valence-electron chi connectivity index (χ3n) is 3.10. The van der Waals surface area contributed by atoms with Gasteiger partial charge in [0.2, 0.25) is 0 Å². The van der Waals surface area contributed by atoms with Gasteiger partial charge in [-0.25, -0.2) is 0 Å². The van der Waals surface area contributed by atoms with E-state index in [0.717, 1.165) is 19.5 Å². The first-order valence-electron chi connectivity index (χ1n) is 6.41. The van der Waals surface area contributed by atoms with E-state index in [2.05, 4.69) is 31.1 Å². The van der Waals surface area contributed by atoms with Crippen LogP contribution in [0.3, 0.4) is 0 Å². The molecule has 0 spiro atoms. The number of unbranched alkanes of at least 4 members (excludes halogenated alkanes) is 2. The van der Waals surface area contributed by atoms with Gasteiger partial charge in [-0.3, -0.25) is 4.99 Å². The highest BCUT2D eigenvalue weighted by Gasteiger charge is 2.18. The van der Waals surface area contributed by atoms with E-state index >= 15 is 0 Å². The molecule has 0 fully saturated rings. The Bertz CT molecular complexity index is 207. The number of hydrogen-bond acceptors (Lipinski definition) is 2. The molecule has 0 saturated heterocycles. The van der Waals surface area contributed by atoms with Crippen LogP contribution in [0.4, 0.5) is 0 Å². The minimum absolute atomic E-state index is 0.417. The summed E-state index contributed by atoms with van der Waals surface area (Å²) < 4.78 is 0. The quantitative estimate of drug-likeness (QED) is 0.668. The second-order valence-corrected chi connectivity index (χ2v) is 5.41. The third-order valence-corrected chi connectivity index (χ3v) is 3.10. The molecule has 0 aliphatic carbocycles. The maximum Gasteiger partial charge on any atom is 0.0963 e. The van der Waals surface area contributed by atoms with Gasteiger partial charge in [-0.2, -0.15) is 0 Å². The summed E-state index contributed by atoms with van der Waals surface area (Å²) in [5.41, 5.74) is 0.417. The molecule has 1 rings (SSSR count). The maximum atomic E-state index is 4.44. The Morgan fingerprint density at radius 1 is 1.33 bits per heavy atom. The van der Waals surface area contributed by atoms with E-state index in [9.17, 15) is 0 Å². The van der Waals surface area contributed by atoms with Crippen LogP contribution in [0.15, 0.2) is 4.99 Å². The molecule has 0 unspecified atom stereocenters. The topological polar surface area (TPSA) is 24.4 Å². The Kier molecular flexibility index (Phi) is 5.13. The molecule has 0 saturated carbocycles. The maximum absolute atomic E-state index is 4.44. The summed E-state index contributed by atoms with van der Waals surface area (Å²) in [5, 5.41) is 3.50. The van der Waals surface area contributed by atoms with Crippen LogP contribution in [0.1, 0.15) is 59.3 Å². The van der Waals surface area contributed by atoms with Crippen molar-refractivity contribution < 1.29 is 0 Å². The Balaban J connectivity index is 2.16. The van der Waals surface area contributed by atoms with Crippen LogP contribution in [0.2, 0.25) is 0 Å². The van der Waals surface area contributed by atoms with Crippen molar-refractivity contribution in [1.82, 2.24) is 5.32 Å². The Labute approximate surface area is 94.6 Å². The molecule has 1 aliphatic heterocycles. The third kappa shape index (κ3) is 5.19. The van der Waals surface area contributed by atoms with Crippen molar-refractivity contribution in [2.75, 3.05) is 13.1 Å². The molecule has 0 aromatic carbocycles. The highest BCUT2D eigenvalue weighted by atomic mass is 15.0. The van der Waals surface area contributed by atoms with Crippen LogP contribution in [-0.4, -0.2) is 18.9 Å². The molecule has 15 heavy (non-hydrogen) atoms. The number of aliphatic imine (C=N–C) groups is 1. The number of nitrogens with zero attached hydrogens (tertiary/aromatic N) is 1. The van der Waals surface area contributed by atoms with Gasteiger partial charge in [0.05, 0.1) is 5.84 Å². The fourth-order valence-corrected chi connectivity index (χ4v) is 1.97. The van der Waals surface area contributed by atoms with Gasteiger partial charge in [0.15, 0.2) is 0 Å². The molecule has 1 aliphatic rings. The van der Waals surface area contributed by atoms with Crippen LogP contribution in [0.25, 0.3) is 0 Å². The number of amidine groups is 1. The van der Waals surface area contributed by atoms with E-state index in [-0.39, 0.29) is 0 Å². The summed E-state index contributed by atoms with van der Waals surface area (Å²) in [7, 11) is 0. The molecule has 0 bridgehead atoms. The molecule has 88 valence electrons. The first kappa shape index (κ1) is 12.5. The van der Waals surface area contributed by atoms with Gasteiger partial charge in [-0.15, -0.1) is 0 Å². The molecule has 0 radical (unpaired) electrons. The lowest BCUT2D eigenvalue weighted by Crippen LogP contribution is -2.33. The molecule has 0 atom stereocenters. The van der Waals surface area contributed by atoms with E-state index in [1.54, 1.807) is 0 Å². The van der Waals surface area contributed by atoms with Gasteiger partial charge in [-0.05, 0) is 18.3 Å². The Morgan fingerprint density at radius 3 is 2.73 bits per heavy atom. The van der Waals surface area contributed by atoms with E-state index < -0.39 is 0 Å². The second-order valence-electron chi connectivity index (χ2n) is 5.41. The van der Waals surface area contributed by atoms with Crippen molar-refractivity contribution in [2.45, 2.75) is 59.3 Å². The van der Waals surface area contributed by atoms with Crippen molar-refractivity contribution in [1.29, 1.82) is 0 Å². The summed E-state index contributed by atoms with van der Waals surface area (Å²) in [6, 6.07) is 0. The smallest absolute Gasteiger partial charge is 0.0963 e. The molecular weight excluding hydrogens is 184 g/mol. The van der Waals surface area contributed by atoms with Crippen molar-refractivity contribution in [2.24, 2.45) is 10.4 Å². The lowest BCUT2D eigenvalue weighted by atomic mass is 9.87. The second kappa shape index (κ2) is 6.14. The standard InChI is InChI=1S/C13H26N2/c1-4-5-6-9-13(2,3)11-15-12-8-7-10-14-12/h4-11H2,1-3H3,(H,14,15). The fraction of sp³-hybridized carbons (Fsp3) is 0.923. The first-order chi connectivity index (χ1) is 7.14. The summed E-state index contributed by atoms with van der Waals surface area (Å²) in [4.78, 5) is 4.44. The van der Waals surface area contributed by atoms with Gasteiger partial charge >= 0.3 is 0 Å². The van der Waals surface area contributed by atoms with Crippen molar-refractivity contribution >= 4 is 5.84 Å². The van der Waals surface area contributed by atoms with Crippen LogP contribution in [-0.2, 0) is 0 Å². The average molecular weight is 210 g/mol. The van der Waals surface area contributed by atoms with Gasteiger partial charge in [0.25, 0.3) is 0 Å². The minimum Gasteiger partial charge on any atom is -0.373 e. The van der Waals surface area contributed by atoms with Crippen LogP contribution in [0.5, 0.6) is 0 Å². The highest BCUT2D eigenvalue weighted by Crippen LogP contribution is 2.22. The predicted molar refractivity (Wildman–Crippen MR) is 67.5 cm³/mol. The molecule has 2 heteroatoms. The lowest BCUT2D eigenvalue weighted by molar-refractivity contribution is 0.319. The summed E-state index contributed by atoms with van der Waals surface area (Å²) in [6.45, 7) is 9.07. The zero-order valence-corrected chi connectivity index (χ0v) is 10.6. The van der Waals surface area contributed by atoms with Gasteiger partial charge in [0.1, 0.15) is 0 Å². The molecule has 0 aromatic rings. The van der Waals surface area contributed by atoms with Gasteiger partial charge in [0, 0.05) is 19.5 Å². The van der Waals surface area contributed by atoms with Crippen LogP contribution in [0, 0.1) is 5.41 Å². The van der Waals surface area contributed by atoms with E-state index in [0.29, 0.717) is 5.41 Å². The molecule has 0 amide bonds. The minimum atomic E-state index is 0.417. The summed E-state index contributed by atoms with van der Waals surface area (Å²) in [5.74, 6) is 1.23. The van der Waals surface area contributed by atoms with Crippen molar-refractivity contribution in [3.05, 3.63) is 0 Å². The normalized spacial score (nSPS) is 16.6. The first-order valence-corrected chi connectivity index (χ1v) is 6.41. The SMILES string of the molecule is CCCCCC(C)(C)CNC1=NCCC1. The average Bonchev–Trinajstić information content (AvgIpc) is 2.68. The molecule has 1 N–H and O–H groups in total. The molecule has 1 heterocycles. The zero-order chi connectivity index (χ0) is 11.1. The Hall–Kier alpha value is -0.530. The van der Waals surface area contributed by atoms with Crippen LogP contribution >= 0.6 is 0 Å². The van der Waals surface area contributed by atoms with Crippen LogP contribution < -0.4 is 5.32 Å². The van der Waals surface area contributed by atoms with Gasteiger partial charge in [-0.1, -0.05) is 40.0 Å². The highest BCUT2D eigenvalue weighted by molar-refractivity contribution is 5.83. The summed E-state index contributed by atoms with van der Waals surface area (Å²) in [6.07, 6.45) is 7.75.